The fourth-order valence-electron chi connectivity index (χ4n) is 7.79. The second-order valence-corrected chi connectivity index (χ2v) is 14.2. The monoisotopic (exact) mass is 621 g/mol. The second kappa shape index (κ2) is 16.3. The quantitative estimate of drug-likeness (QED) is 0.190. The van der Waals surface area contributed by atoms with Crippen molar-refractivity contribution in [3.8, 4) is 11.5 Å². The summed E-state index contributed by atoms with van der Waals surface area (Å²) in [5, 5.41) is 0. The highest BCUT2D eigenvalue weighted by molar-refractivity contribution is 5.79. The zero-order valence-electron chi connectivity index (χ0n) is 28.1. The van der Waals surface area contributed by atoms with Gasteiger partial charge in [-0.25, -0.2) is 0 Å². The summed E-state index contributed by atoms with van der Waals surface area (Å²) in [6.45, 7) is 10.1. The van der Waals surface area contributed by atoms with Gasteiger partial charge in [-0.2, -0.15) is 0 Å². The summed E-state index contributed by atoms with van der Waals surface area (Å²) in [5.41, 5.74) is 3.63. The van der Waals surface area contributed by atoms with Crippen molar-refractivity contribution in [2.75, 3.05) is 58.6 Å². The zero-order valence-corrected chi connectivity index (χ0v) is 28.1. The maximum absolute atomic E-state index is 13.1. The van der Waals surface area contributed by atoms with Crippen LogP contribution in [0.3, 0.4) is 0 Å². The average Bonchev–Trinajstić information content (AvgIpc) is 3.04. The Morgan fingerprint density at radius 2 is 1.78 bits per heavy atom. The molecule has 0 unspecified atom stereocenters. The topological polar surface area (TPSA) is 66.5 Å². The van der Waals surface area contributed by atoms with E-state index in [1.165, 1.54) is 11.1 Å². The Hall–Kier alpha value is -2.61. The molecule has 0 N–H and O–H groups in total. The molecule has 5 rings (SSSR count). The van der Waals surface area contributed by atoms with Crippen LogP contribution in [-0.2, 0) is 25.6 Å². The van der Waals surface area contributed by atoms with Crippen molar-refractivity contribution in [2.24, 2.45) is 17.3 Å². The Morgan fingerprint density at radius 3 is 2.53 bits per heavy atom. The van der Waals surface area contributed by atoms with E-state index in [1.54, 1.807) is 14.2 Å². The van der Waals surface area contributed by atoms with Gasteiger partial charge in [0.05, 0.1) is 32.1 Å². The summed E-state index contributed by atoms with van der Waals surface area (Å²) in [6.07, 6.45) is 8.82. The Morgan fingerprint density at radius 1 is 0.978 bits per heavy atom. The van der Waals surface area contributed by atoms with Crippen molar-refractivity contribution < 1.29 is 28.5 Å². The molecule has 1 saturated heterocycles. The SMILES string of the molecule is COCCCN1CCOc2ccc(CO[C@H]3CC[C@H](CC(C)(C)CC(=O)CC4CCOCC4)C[C@@H]3c3ccc(OC)cc3)cc21. The van der Waals surface area contributed by atoms with E-state index >= 15 is 0 Å². The third kappa shape index (κ3) is 9.69. The molecular weight excluding hydrogens is 566 g/mol. The van der Waals surface area contributed by atoms with Gasteiger partial charge in [0.1, 0.15) is 23.9 Å². The van der Waals surface area contributed by atoms with Gasteiger partial charge < -0.3 is 28.6 Å². The first-order valence-corrected chi connectivity index (χ1v) is 17.2. The van der Waals surface area contributed by atoms with Gasteiger partial charge in [0.25, 0.3) is 0 Å². The molecule has 45 heavy (non-hydrogen) atoms. The van der Waals surface area contributed by atoms with Crippen LogP contribution in [0.2, 0.25) is 0 Å². The number of hydrogen-bond donors (Lipinski definition) is 0. The summed E-state index contributed by atoms with van der Waals surface area (Å²) < 4.78 is 29.0. The number of rotatable bonds is 15. The van der Waals surface area contributed by atoms with E-state index in [0.717, 1.165) is 95.0 Å². The number of hydrogen-bond acceptors (Lipinski definition) is 7. The number of carbonyl (C=O) groups is 1. The maximum Gasteiger partial charge on any atom is 0.142 e. The fraction of sp³-hybridized carbons (Fsp3) is 0.658. The Balaban J connectivity index is 1.23. The number of methoxy groups -OCH3 is 2. The first kappa shape index (κ1) is 33.7. The van der Waals surface area contributed by atoms with E-state index in [9.17, 15) is 4.79 Å². The van der Waals surface area contributed by atoms with E-state index in [1.807, 2.05) is 0 Å². The number of carbonyl (C=O) groups excluding carboxylic acids is 1. The molecule has 0 amide bonds. The predicted molar refractivity (Wildman–Crippen MR) is 178 cm³/mol. The van der Waals surface area contributed by atoms with E-state index < -0.39 is 0 Å². The predicted octanol–water partition coefficient (Wildman–Crippen LogP) is 7.59. The Labute approximate surface area is 270 Å². The number of Topliss-reactive ketones (excluding diaryl/α,β-unsaturated/α-hetero) is 1. The van der Waals surface area contributed by atoms with Crippen molar-refractivity contribution in [1.29, 1.82) is 0 Å². The van der Waals surface area contributed by atoms with Crippen LogP contribution in [0.5, 0.6) is 11.5 Å². The molecule has 2 aliphatic heterocycles. The molecule has 3 aliphatic rings. The van der Waals surface area contributed by atoms with Crippen LogP contribution in [0, 0.1) is 17.3 Å². The molecule has 2 fully saturated rings. The van der Waals surface area contributed by atoms with Gasteiger partial charge >= 0.3 is 0 Å². The van der Waals surface area contributed by atoms with Gasteiger partial charge in [-0.05, 0) is 97.6 Å². The van der Waals surface area contributed by atoms with Crippen molar-refractivity contribution in [3.63, 3.8) is 0 Å². The number of anilines is 1. The second-order valence-electron chi connectivity index (χ2n) is 14.2. The van der Waals surface area contributed by atoms with E-state index in [2.05, 4.69) is 61.2 Å². The number of ketones is 1. The number of fused-ring (bicyclic) bond motifs is 1. The standard InChI is InChI=1S/C38H55NO6/c1-38(2,26-32(40)22-28-14-19-43-20-15-28)25-29-6-12-36(34(23-29)31-8-10-33(42-4)11-9-31)45-27-30-7-13-37-35(24-30)39(17-21-44-37)16-5-18-41-3/h7-11,13,24,28-29,34,36H,5-6,12,14-23,25-27H2,1-4H3/t29-,34+,36-/m0/s1. The highest BCUT2D eigenvalue weighted by Gasteiger charge is 2.36. The Kier molecular flexibility index (Phi) is 12.2. The van der Waals surface area contributed by atoms with Crippen molar-refractivity contribution in [3.05, 3.63) is 53.6 Å². The van der Waals surface area contributed by atoms with Crippen LogP contribution in [0.15, 0.2) is 42.5 Å². The molecule has 0 aromatic heterocycles. The molecule has 7 heteroatoms. The van der Waals surface area contributed by atoms with Gasteiger partial charge in [-0.15, -0.1) is 0 Å². The van der Waals surface area contributed by atoms with Crippen molar-refractivity contribution in [1.82, 2.24) is 0 Å². The summed E-state index contributed by atoms with van der Waals surface area (Å²) in [5.74, 6) is 3.60. The van der Waals surface area contributed by atoms with E-state index in [-0.39, 0.29) is 11.5 Å². The third-order valence-corrected chi connectivity index (χ3v) is 10.0. The molecule has 1 aliphatic carbocycles. The number of nitrogens with zero attached hydrogens (tertiary/aromatic N) is 1. The maximum atomic E-state index is 13.1. The summed E-state index contributed by atoms with van der Waals surface area (Å²) >= 11 is 0. The minimum atomic E-state index is -0.00853. The third-order valence-electron chi connectivity index (χ3n) is 10.0. The Bertz CT molecular complexity index is 1210. The normalized spacial score (nSPS) is 22.5. The molecular formula is C38H55NO6. The molecule has 0 spiro atoms. The van der Waals surface area contributed by atoms with Gasteiger partial charge in [0, 0.05) is 52.2 Å². The minimum absolute atomic E-state index is 0.00853. The van der Waals surface area contributed by atoms with Crippen LogP contribution in [0.4, 0.5) is 5.69 Å². The molecule has 0 bridgehead atoms. The lowest BCUT2D eigenvalue weighted by molar-refractivity contribution is -0.122. The summed E-state index contributed by atoms with van der Waals surface area (Å²) in [7, 11) is 3.47. The fourth-order valence-corrected chi connectivity index (χ4v) is 7.79. The first-order chi connectivity index (χ1) is 21.8. The van der Waals surface area contributed by atoms with E-state index in [0.29, 0.717) is 49.6 Å². The van der Waals surface area contributed by atoms with Gasteiger partial charge in [-0.1, -0.05) is 32.0 Å². The smallest absolute Gasteiger partial charge is 0.142 e. The largest absolute Gasteiger partial charge is 0.497 e. The van der Waals surface area contributed by atoms with Crippen LogP contribution >= 0.6 is 0 Å². The molecule has 2 aromatic rings. The van der Waals surface area contributed by atoms with Gasteiger partial charge in [-0.3, -0.25) is 4.79 Å². The minimum Gasteiger partial charge on any atom is -0.497 e. The first-order valence-electron chi connectivity index (χ1n) is 17.2. The lowest BCUT2D eigenvalue weighted by Crippen LogP contribution is -2.34. The average molecular weight is 622 g/mol. The molecule has 248 valence electrons. The highest BCUT2D eigenvalue weighted by atomic mass is 16.5. The van der Waals surface area contributed by atoms with Crippen LogP contribution in [0.25, 0.3) is 0 Å². The summed E-state index contributed by atoms with van der Waals surface area (Å²) in [6, 6.07) is 15.0. The molecule has 2 aromatic carbocycles. The van der Waals surface area contributed by atoms with Crippen LogP contribution < -0.4 is 14.4 Å². The zero-order chi connectivity index (χ0) is 31.6. The van der Waals surface area contributed by atoms with Gasteiger partial charge in [0.2, 0.25) is 0 Å². The number of benzene rings is 2. The lowest BCUT2D eigenvalue weighted by atomic mass is 9.69. The highest BCUT2D eigenvalue weighted by Crippen LogP contribution is 2.44. The van der Waals surface area contributed by atoms with Gasteiger partial charge in [0.15, 0.2) is 0 Å². The lowest BCUT2D eigenvalue weighted by Gasteiger charge is -2.39. The van der Waals surface area contributed by atoms with Crippen molar-refractivity contribution >= 4 is 11.5 Å². The van der Waals surface area contributed by atoms with E-state index in [4.69, 9.17) is 23.7 Å². The molecule has 7 nitrogen and oxygen atoms in total. The molecule has 0 radical (unpaired) electrons. The molecule has 1 saturated carbocycles. The molecule has 2 heterocycles. The summed E-state index contributed by atoms with van der Waals surface area (Å²) in [4.78, 5) is 15.5. The van der Waals surface area contributed by atoms with Crippen molar-refractivity contribution in [2.45, 2.75) is 90.3 Å². The number of ether oxygens (including phenoxy) is 5. The van der Waals surface area contributed by atoms with Crippen LogP contribution in [-0.4, -0.2) is 65.6 Å². The molecule has 3 atom stereocenters. The van der Waals surface area contributed by atoms with Crippen LogP contribution in [0.1, 0.15) is 88.7 Å².